The van der Waals surface area contributed by atoms with Crippen molar-refractivity contribution in [3.05, 3.63) is 83.6 Å². The van der Waals surface area contributed by atoms with Crippen LogP contribution in [0.1, 0.15) is 54.1 Å². The zero-order valence-electron chi connectivity index (χ0n) is 26.3. The van der Waals surface area contributed by atoms with Crippen LogP contribution < -0.4 is 26.6 Å². The van der Waals surface area contributed by atoms with Crippen molar-refractivity contribution in [3.63, 3.8) is 0 Å². The smallest absolute Gasteiger partial charge is 0.255 e. The van der Waals surface area contributed by atoms with Gasteiger partial charge in [-0.25, -0.2) is 0 Å². The number of fused-ring (bicyclic) bond motifs is 1. The molecule has 1 aliphatic heterocycles. The highest BCUT2D eigenvalue weighted by atomic mass is 16.2. The third kappa shape index (κ3) is 8.22. The predicted octanol–water partition coefficient (Wildman–Crippen LogP) is 4.10. The molecule has 5 N–H and O–H groups in total. The minimum Gasteiger partial charge on any atom is -0.350 e. The lowest BCUT2D eigenvalue weighted by Crippen LogP contribution is -2.40. The molecule has 45 heavy (non-hydrogen) atoms. The molecule has 1 saturated heterocycles. The summed E-state index contributed by atoms with van der Waals surface area (Å²) in [6, 6.07) is 14.7. The average molecular weight is 611 g/mol. The standard InChI is InChI=1S/C33H42N10O2/c1-22(2)28-21-36-43-30(28)39-33(42-16-13-25(34)14-17-42)40-32(43)35-20-23-8-5-10-26(18-23)38-31(45)24-9-6-11-27(19-24)37-29(44)12-7-15-41(3)4/h5-12,18-19,21-22,25H,13-17,20,34H2,1-4H3,(H,37,44)(H,38,45)(H,35,39,40)/b12-7+. The molecule has 5 rings (SSSR count). The van der Waals surface area contributed by atoms with E-state index in [1.807, 2.05) is 49.5 Å². The molecule has 0 aliphatic carbocycles. The number of hydrogen-bond donors (Lipinski definition) is 4. The van der Waals surface area contributed by atoms with Gasteiger partial charge in [0, 0.05) is 60.8 Å². The molecule has 1 aliphatic rings. The van der Waals surface area contributed by atoms with Gasteiger partial charge in [0.05, 0.1) is 6.20 Å². The Kier molecular flexibility index (Phi) is 10.1. The van der Waals surface area contributed by atoms with Gasteiger partial charge in [-0.1, -0.05) is 38.1 Å². The lowest BCUT2D eigenvalue weighted by molar-refractivity contribution is -0.111. The van der Waals surface area contributed by atoms with Gasteiger partial charge in [-0.2, -0.15) is 19.6 Å². The van der Waals surface area contributed by atoms with Gasteiger partial charge in [0.25, 0.3) is 5.91 Å². The number of hydrogen-bond acceptors (Lipinski definition) is 9. The Morgan fingerprint density at radius 1 is 1.04 bits per heavy atom. The highest BCUT2D eigenvalue weighted by Gasteiger charge is 2.22. The van der Waals surface area contributed by atoms with Crippen LogP contribution in [0.4, 0.5) is 23.3 Å². The first-order valence-electron chi connectivity index (χ1n) is 15.3. The van der Waals surface area contributed by atoms with Crippen LogP contribution in [-0.4, -0.2) is 76.1 Å². The van der Waals surface area contributed by atoms with E-state index < -0.39 is 0 Å². The Morgan fingerprint density at radius 3 is 2.51 bits per heavy atom. The number of nitrogens with two attached hydrogens (primary N) is 1. The Labute approximate surface area is 263 Å². The number of carbonyl (C=O) groups is 2. The van der Waals surface area contributed by atoms with Crippen molar-refractivity contribution in [2.75, 3.05) is 54.6 Å². The van der Waals surface area contributed by atoms with Gasteiger partial charge < -0.3 is 31.5 Å². The van der Waals surface area contributed by atoms with E-state index in [4.69, 9.17) is 15.7 Å². The Hall–Kier alpha value is -4.81. The number of nitrogens with one attached hydrogen (secondary N) is 3. The molecule has 2 amide bonds. The molecule has 0 unspecified atom stereocenters. The highest BCUT2D eigenvalue weighted by molar-refractivity contribution is 6.06. The molecule has 1 fully saturated rings. The summed E-state index contributed by atoms with van der Waals surface area (Å²) in [4.78, 5) is 39.2. The van der Waals surface area contributed by atoms with Crippen molar-refractivity contribution < 1.29 is 9.59 Å². The summed E-state index contributed by atoms with van der Waals surface area (Å²) in [5.41, 5.74) is 10.6. The van der Waals surface area contributed by atoms with E-state index in [-0.39, 0.29) is 23.8 Å². The molecule has 0 spiro atoms. The van der Waals surface area contributed by atoms with Crippen LogP contribution >= 0.6 is 0 Å². The van der Waals surface area contributed by atoms with Crippen LogP contribution in [-0.2, 0) is 11.3 Å². The van der Waals surface area contributed by atoms with E-state index in [0.29, 0.717) is 41.9 Å². The molecular formula is C33H42N10O2. The summed E-state index contributed by atoms with van der Waals surface area (Å²) >= 11 is 0. The van der Waals surface area contributed by atoms with E-state index >= 15 is 0 Å². The van der Waals surface area contributed by atoms with Crippen LogP contribution in [0.15, 0.2) is 66.9 Å². The van der Waals surface area contributed by atoms with Gasteiger partial charge in [0.1, 0.15) is 0 Å². The van der Waals surface area contributed by atoms with Crippen molar-refractivity contribution >= 4 is 40.7 Å². The average Bonchev–Trinajstić information content (AvgIpc) is 3.45. The lowest BCUT2D eigenvalue weighted by atomic mass is 10.1. The summed E-state index contributed by atoms with van der Waals surface area (Å²) in [5.74, 6) is 0.999. The van der Waals surface area contributed by atoms with Crippen LogP contribution in [0.2, 0.25) is 0 Å². The second-order valence-corrected chi connectivity index (χ2v) is 11.9. The molecule has 12 heteroatoms. The van der Waals surface area contributed by atoms with Crippen molar-refractivity contribution in [1.29, 1.82) is 0 Å². The quantitative estimate of drug-likeness (QED) is 0.184. The number of rotatable bonds is 11. The Balaban J connectivity index is 1.27. The van der Waals surface area contributed by atoms with E-state index in [0.717, 1.165) is 42.7 Å². The van der Waals surface area contributed by atoms with Crippen molar-refractivity contribution in [1.82, 2.24) is 24.5 Å². The minimum absolute atomic E-state index is 0.210. The molecular weight excluding hydrogens is 568 g/mol. The maximum atomic E-state index is 13.1. The van der Waals surface area contributed by atoms with Crippen LogP contribution in [0.5, 0.6) is 0 Å². The summed E-state index contributed by atoms with van der Waals surface area (Å²) in [6.07, 6.45) is 6.93. The Morgan fingerprint density at radius 2 is 1.78 bits per heavy atom. The molecule has 0 saturated carbocycles. The van der Waals surface area contributed by atoms with Gasteiger partial charge in [0.15, 0.2) is 5.65 Å². The second-order valence-electron chi connectivity index (χ2n) is 11.9. The van der Waals surface area contributed by atoms with E-state index in [1.54, 1.807) is 34.9 Å². The Bertz CT molecular complexity index is 1670. The normalized spacial score (nSPS) is 14.1. The number of aromatic nitrogens is 4. The first-order chi connectivity index (χ1) is 21.7. The zero-order valence-corrected chi connectivity index (χ0v) is 26.3. The van der Waals surface area contributed by atoms with Crippen LogP contribution in [0.3, 0.4) is 0 Å². The first kappa shape index (κ1) is 31.6. The molecule has 3 heterocycles. The number of piperidine rings is 1. The third-order valence-corrected chi connectivity index (χ3v) is 7.60. The largest absolute Gasteiger partial charge is 0.350 e. The number of carbonyl (C=O) groups excluding carboxylic acids is 2. The number of anilines is 4. The highest BCUT2D eigenvalue weighted by Crippen LogP contribution is 2.25. The topological polar surface area (TPSA) is 146 Å². The molecule has 0 atom stereocenters. The summed E-state index contributed by atoms with van der Waals surface area (Å²) in [5, 5.41) is 13.8. The van der Waals surface area contributed by atoms with Crippen molar-refractivity contribution in [2.45, 2.75) is 45.2 Å². The van der Waals surface area contributed by atoms with Gasteiger partial charge in [-0.3, -0.25) is 9.59 Å². The minimum atomic E-state index is -0.277. The lowest BCUT2D eigenvalue weighted by Gasteiger charge is -2.30. The van der Waals surface area contributed by atoms with Crippen molar-refractivity contribution in [2.24, 2.45) is 5.73 Å². The van der Waals surface area contributed by atoms with Crippen molar-refractivity contribution in [3.8, 4) is 0 Å². The van der Waals surface area contributed by atoms with E-state index in [2.05, 4.69) is 39.8 Å². The molecule has 2 aromatic heterocycles. The zero-order chi connectivity index (χ0) is 31.9. The monoisotopic (exact) mass is 610 g/mol. The predicted molar refractivity (Wildman–Crippen MR) is 179 cm³/mol. The van der Waals surface area contributed by atoms with Gasteiger partial charge in [-0.15, -0.1) is 0 Å². The SMILES string of the molecule is CC(C)c1cnn2c(NCc3cccc(NC(=O)c4cccc(NC(=O)/C=C/CN(C)C)c4)c3)nc(N3CCC(N)CC3)nc12. The van der Waals surface area contributed by atoms with E-state index in [9.17, 15) is 9.59 Å². The molecule has 0 bridgehead atoms. The maximum Gasteiger partial charge on any atom is 0.255 e. The molecule has 0 radical (unpaired) electrons. The second kappa shape index (κ2) is 14.3. The molecule has 12 nitrogen and oxygen atoms in total. The van der Waals surface area contributed by atoms with Gasteiger partial charge in [0.2, 0.25) is 17.8 Å². The number of nitrogens with zero attached hydrogens (tertiary/aromatic N) is 6. The number of amides is 2. The maximum absolute atomic E-state index is 13.1. The van der Waals surface area contributed by atoms with Crippen LogP contribution in [0.25, 0.3) is 5.65 Å². The summed E-state index contributed by atoms with van der Waals surface area (Å²) < 4.78 is 1.75. The fourth-order valence-corrected chi connectivity index (χ4v) is 5.08. The number of likely N-dealkylation sites (N-methyl/N-ethyl adjacent to an activating group) is 1. The van der Waals surface area contributed by atoms with Crippen LogP contribution in [0, 0.1) is 0 Å². The molecule has 2 aromatic carbocycles. The van der Waals surface area contributed by atoms with Gasteiger partial charge in [-0.05, 0) is 68.8 Å². The fraction of sp³-hybridized carbons (Fsp3) is 0.364. The van der Waals surface area contributed by atoms with E-state index in [1.165, 1.54) is 6.08 Å². The summed E-state index contributed by atoms with van der Waals surface area (Å²) in [6.45, 7) is 7.00. The first-order valence-corrected chi connectivity index (χ1v) is 15.3. The van der Waals surface area contributed by atoms with Gasteiger partial charge >= 0.3 is 0 Å². The molecule has 4 aromatic rings. The third-order valence-electron chi connectivity index (χ3n) is 7.60. The molecule has 236 valence electrons. The summed E-state index contributed by atoms with van der Waals surface area (Å²) in [7, 11) is 3.86. The number of benzene rings is 2. The fourth-order valence-electron chi connectivity index (χ4n) is 5.08.